The molecule has 3 rings (SSSR count). The van der Waals surface area contributed by atoms with E-state index in [-0.39, 0.29) is 11.9 Å². The van der Waals surface area contributed by atoms with Crippen LogP contribution in [0.4, 0.5) is 5.69 Å². The van der Waals surface area contributed by atoms with Gasteiger partial charge in [-0.25, -0.2) is 0 Å². The molecule has 0 bridgehead atoms. The van der Waals surface area contributed by atoms with Crippen LogP contribution < -0.4 is 10.2 Å². The Balaban J connectivity index is 1.80. The third-order valence-electron chi connectivity index (χ3n) is 4.14. The first-order valence-corrected chi connectivity index (χ1v) is 7.07. The molecular weight excluding hydrogens is 238 g/mol. The van der Waals surface area contributed by atoms with Crippen molar-refractivity contribution in [1.29, 1.82) is 0 Å². The molecule has 0 radical (unpaired) electrons. The van der Waals surface area contributed by atoms with E-state index < -0.39 is 0 Å². The van der Waals surface area contributed by atoms with Crippen LogP contribution in [-0.2, 0) is 11.3 Å². The zero-order chi connectivity index (χ0) is 13.2. The van der Waals surface area contributed by atoms with Gasteiger partial charge in [0.05, 0.1) is 6.04 Å². The number of para-hydroxylation sites is 1. The number of nitrogens with zero attached hydrogens (tertiary/aromatic N) is 2. The highest BCUT2D eigenvalue weighted by Crippen LogP contribution is 2.24. The van der Waals surface area contributed by atoms with Crippen LogP contribution in [0.2, 0.25) is 0 Å². The second kappa shape index (κ2) is 5.21. The van der Waals surface area contributed by atoms with Gasteiger partial charge in [0.15, 0.2) is 0 Å². The summed E-state index contributed by atoms with van der Waals surface area (Å²) in [6.45, 7) is 3.41. The van der Waals surface area contributed by atoms with Crippen molar-refractivity contribution in [3.05, 3.63) is 29.8 Å². The molecule has 0 aromatic heterocycles. The van der Waals surface area contributed by atoms with Crippen LogP contribution >= 0.6 is 0 Å². The average molecular weight is 259 g/mol. The van der Waals surface area contributed by atoms with E-state index in [2.05, 4.69) is 41.5 Å². The first-order chi connectivity index (χ1) is 9.25. The Morgan fingerprint density at radius 3 is 2.95 bits per heavy atom. The Kier molecular flexibility index (Phi) is 3.42. The lowest BCUT2D eigenvalue weighted by molar-refractivity contribution is -0.133. The minimum Gasteiger partial charge on any atom is -0.373 e. The standard InChI is InChI=1S/C15H21N3O/c1-17-9-10-18(15(19)13-6-4-8-16-13)11-12-5-2-3-7-14(12)17/h2-3,5,7,13,16H,4,6,8-11H2,1H3. The van der Waals surface area contributed by atoms with Gasteiger partial charge in [-0.05, 0) is 31.0 Å². The summed E-state index contributed by atoms with van der Waals surface area (Å²) in [7, 11) is 2.10. The summed E-state index contributed by atoms with van der Waals surface area (Å²) in [5.74, 6) is 0.266. The molecule has 1 aromatic rings. The molecule has 1 unspecified atom stereocenters. The maximum atomic E-state index is 12.5. The molecule has 2 aliphatic heterocycles. The van der Waals surface area contributed by atoms with Gasteiger partial charge in [0, 0.05) is 32.4 Å². The molecule has 1 saturated heterocycles. The van der Waals surface area contributed by atoms with Crippen molar-refractivity contribution in [2.24, 2.45) is 0 Å². The number of benzene rings is 1. The van der Waals surface area contributed by atoms with E-state index in [0.29, 0.717) is 0 Å². The summed E-state index contributed by atoms with van der Waals surface area (Å²) in [4.78, 5) is 16.8. The highest BCUT2D eigenvalue weighted by atomic mass is 16.2. The second-order valence-corrected chi connectivity index (χ2v) is 5.46. The number of likely N-dealkylation sites (N-methyl/N-ethyl adjacent to an activating group) is 1. The molecule has 1 aromatic carbocycles. The minimum atomic E-state index is 0.0376. The quantitative estimate of drug-likeness (QED) is 0.823. The van der Waals surface area contributed by atoms with E-state index in [0.717, 1.165) is 39.0 Å². The first-order valence-electron chi connectivity index (χ1n) is 7.07. The molecule has 0 saturated carbocycles. The zero-order valence-corrected chi connectivity index (χ0v) is 11.4. The molecule has 0 aliphatic carbocycles. The van der Waals surface area contributed by atoms with Crippen LogP contribution in [0.1, 0.15) is 18.4 Å². The number of anilines is 1. The molecule has 102 valence electrons. The molecule has 4 heteroatoms. The lowest BCUT2D eigenvalue weighted by Crippen LogP contribution is -2.44. The maximum Gasteiger partial charge on any atom is 0.240 e. The predicted molar refractivity (Wildman–Crippen MR) is 76.2 cm³/mol. The Bertz CT molecular complexity index is 468. The molecule has 1 N–H and O–H groups in total. The Labute approximate surface area is 114 Å². The van der Waals surface area contributed by atoms with Crippen LogP contribution in [0.25, 0.3) is 0 Å². The fraction of sp³-hybridized carbons (Fsp3) is 0.533. The summed E-state index contributed by atoms with van der Waals surface area (Å²) < 4.78 is 0. The van der Waals surface area contributed by atoms with Gasteiger partial charge in [0.25, 0.3) is 0 Å². The number of carbonyl (C=O) groups excluding carboxylic acids is 1. The lowest BCUT2D eigenvalue weighted by atomic mass is 10.1. The highest BCUT2D eigenvalue weighted by molar-refractivity contribution is 5.82. The monoisotopic (exact) mass is 259 g/mol. The average Bonchev–Trinajstić information content (AvgIpc) is 2.91. The van der Waals surface area contributed by atoms with Crippen molar-refractivity contribution >= 4 is 11.6 Å². The van der Waals surface area contributed by atoms with Crippen molar-refractivity contribution in [3.63, 3.8) is 0 Å². The number of amides is 1. The van der Waals surface area contributed by atoms with E-state index in [1.54, 1.807) is 0 Å². The number of rotatable bonds is 1. The van der Waals surface area contributed by atoms with Crippen LogP contribution in [-0.4, -0.2) is 43.5 Å². The third kappa shape index (κ3) is 2.45. The molecule has 1 atom stereocenters. The van der Waals surface area contributed by atoms with Gasteiger partial charge < -0.3 is 15.1 Å². The highest BCUT2D eigenvalue weighted by Gasteiger charge is 2.28. The molecular formula is C15H21N3O. The van der Waals surface area contributed by atoms with Gasteiger partial charge in [0.2, 0.25) is 5.91 Å². The summed E-state index contributed by atoms with van der Waals surface area (Å²) in [5.41, 5.74) is 2.49. The maximum absolute atomic E-state index is 12.5. The van der Waals surface area contributed by atoms with Crippen LogP contribution in [0.15, 0.2) is 24.3 Å². The number of carbonyl (C=O) groups is 1. The van der Waals surface area contributed by atoms with E-state index >= 15 is 0 Å². The van der Waals surface area contributed by atoms with Crippen molar-refractivity contribution < 1.29 is 4.79 Å². The summed E-state index contributed by atoms with van der Waals surface area (Å²) in [5, 5.41) is 3.30. The first kappa shape index (κ1) is 12.5. The van der Waals surface area contributed by atoms with E-state index in [1.807, 2.05) is 4.90 Å². The normalized spacial score (nSPS) is 23.1. The molecule has 2 heterocycles. The molecule has 2 aliphatic rings. The van der Waals surface area contributed by atoms with Gasteiger partial charge >= 0.3 is 0 Å². The largest absolute Gasteiger partial charge is 0.373 e. The summed E-state index contributed by atoms with van der Waals surface area (Å²) >= 11 is 0. The van der Waals surface area contributed by atoms with Crippen molar-refractivity contribution in [2.75, 3.05) is 31.6 Å². The fourth-order valence-corrected chi connectivity index (χ4v) is 3.00. The van der Waals surface area contributed by atoms with Gasteiger partial charge in [-0.2, -0.15) is 0 Å². The Morgan fingerprint density at radius 1 is 1.32 bits per heavy atom. The number of hydrogen-bond acceptors (Lipinski definition) is 3. The topological polar surface area (TPSA) is 35.6 Å². The van der Waals surface area contributed by atoms with Crippen molar-refractivity contribution in [3.8, 4) is 0 Å². The van der Waals surface area contributed by atoms with Crippen molar-refractivity contribution in [1.82, 2.24) is 10.2 Å². The smallest absolute Gasteiger partial charge is 0.240 e. The van der Waals surface area contributed by atoms with Gasteiger partial charge in [0.1, 0.15) is 0 Å². The van der Waals surface area contributed by atoms with E-state index in [4.69, 9.17) is 0 Å². The van der Waals surface area contributed by atoms with E-state index in [1.165, 1.54) is 11.3 Å². The summed E-state index contributed by atoms with van der Waals surface area (Å²) in [6, 6.07) is 8.41. The SMILES string of the molecule is CN1CCN(C(=O)C2CCCN2)Cc2ccccc21. The third-order valence-corrected chi connectivity index (χ3v) is 4.14. The second-order valence-electron chi connectivity index (χ2n) is 5.46. The van der Waals surface area contributed by atoms with Crippen molar-refractivity contribution in [2.45, 2.75) is 25.4 Å². The fourth-order valence-electron chi connectivity index (χ4n) is 3.00. The Hall–Kier alpha value is -1.55. The molecule has 19 heavy (non-hydrogen) atoms. The van der Waals surface area contributed by atoms with Gasteiger partial charge in [-0.15, -0.1) is 0 Å². The van der Waals surface area contributed by atoms with E-state index in [9.17, 15) is 4.79 Å². The molecule has 1 fully saturated rings. The van der Waals surface area contributed by atoms with Gasteiger partial charge in [-0.3, -0.25) is 4.79 Å². The lowest BCUT2D eigenvalue weighted by Gasteiger charge is -2.24. The van der Waals surface area contributed by atoms with Gasteiger partial charge in [-0.1, -0.05) is 18.2 Å². The number of nitrogens with one attached hydrogen (secondary N) is 1. The zero-order valence-electron chi connectivity index (χ0n) is 11.4. The number of fused-ring (bicyclic) bond motifs is 1. The predicted octanol–water partition coefficient (Wildman–Crippen LogP) is 1.22. The van der Waals surface area contributed by atoms with Crippen LogP contribution in [0, 0.1) is 0 Å². The molecule has 4 nitrogen and oxygen atoms in total. The van der Waals surface area contributed by atoms with Crippen LogP contribution in [0.5, 0.6) is 0 Å². The number of hydrogen-bond donors (Lipinski definition) is 1. The molecule has 0 spiro atoms. The van der Waals surface area contributed by atoms with Crippen LogP contribution in [0.3, 0.4) is 0 Å². The molecule has 1 amide bonds. The minimum absolute atomic E-state index is 0.0376. The Morgan fingerprint density at radius 2 is 2.16 bits per heavy atom. The summed E-state index contributed by atoms with van der Waals surface area (Å²) in [6.07, 6.45) is 2.09.